The van der Waals surface area contributed by atoms with E-state index in [9.17, 15) is 91.7 Å². The molecule has 0 saturated carbocycles. The number of nitrogens with two attached hydrogens (primary N) is 5. The summed E-state index contributed by atoms with van der Waals surface area (Å²) in [5.41, 5.74) is 28.1. The Morgan fingerprint density at radius 2 is 0.908 bits per heavy atom. The lowest BCUT2D eigenvalue weighted by atomic mass is 9.95. The van der Waals surface area contributed by atoms with Crippen LogP contribution in [-0.4, -0.2) is 287 Å². The Morgan fingerprint density at radius 3 is 1.39 bits per heavy atom. The van der Waals surface area contributed by atoms with Gasteiger partial charge in [-0.15, -0.1) is 0 Å². The number of primary amides is 2. The second-order valence-corrected chi connectivity index (χ2v) is 32.4. The van der Waals surface area contributed by atoms with Gasteiger partial charge in [-0.2, -0.15) is 0 Å². The zero-order valence-electron chi connectivity index (χ0n) is 69.6. The third-order valence-corrected chi connectivity index (χ3v) is 21.5. The number of imidazole rings is 1. The molecule has 4 fully saturated rings. The summed E-state index contributed by atoms with van der Waals surface area (Å²) in [6.07, 6.45) is 0.775. The smallest absolute Gasteiger partial charge is 0.326 e. The number of rotatable bonds is 46. The molecule has 0 aromatic carbocycles. The van der Waals surface area contributed by atoms with Gasteiger partial charge in [0.05, 0.1) is 31.3 Å². The van der Waals surface area contributed by atoms with Crippen molar-refractivity contribution in [2.45, 2.75) is 282 Å². The number of carbonyl (C=O) groups is 18. The van der Waals surface area contributed by atoms with E-state index in [4.69, 9.17) is 33.8 Å². The molecule has 664 valence electrons. The van der Waals surface area contributed by atoms with Crippen molar-refractivity contribution < 1.29 is 102 Å². The first-order valence-electron chi connectivity index (χ1n) is 40.6. The van der Waals surface area contributed by atoms with Gasteiger partial charge in [-0.1, -0.05) is 75.7 Å². The highest BCUT2D eigenvalue weighted by Crippen LogP contribution is 2.28. The van der Waals surface area contributed by atoms with Crippen LogP contribution in [0.3, 0.4) is 0 Å². The number of carboxylic acids is 2. The largest absolute Gasteiger partial charge is 0.481 e. The van der Waals surface area contributed by atoms with Crippen LogP contribution in [0.1, 0.15) is 185 Å². The van der Waals surface area contributed by atoms with Crippen molar-refractivity contribution in [2.24, 2.45) is 63.3 Å². The lowest BCUT2D eigenvalue weighted by Crippen LogP contribution is -2.63. The highest BCUT2D eigenvalue weighted by Gasteiger charge is 2.48. The van der Waals surface area contributed by atoms with Gasteiger partial charge in [0.15, 0.2) is 5.96 Å². The Hall–Kier alpha value is -11.1. The number of nitrogens with one attached hydrogen (secondary N) is 11. The Morgan fingerprint density at radius 1 is 0.487 bits per heavy atom. The number of aliphatic hydroxyl groups excluding tert-OH is 1. The van der Waals surface area contributed by atoms with Crippen LogP contribution in [0.15, 0.2) is 17.5 Å². The monoisotopic (exact) mass is 1680 g/mol. The van der Waals surface area contributed by atoms with E-state index in [1.165, 1.54) is 29.2 Å². The average molecular weight is 1680 g/mol. The first-order valence-corrected chi connectivity index (χ1v) is 40.6. The molecule has 1 aromatic heterocycles. The fraction of sp³-hybridized carbons (Fsp3) is 0.711. The molecule has 4 aliphatic heterocycles. The summed E-state index contributed by atoms with van der Waals surface area (Å²) >= 11 is 0. The summed E-state index contributed by atoms with van der Waals surface area (Å²) in [6.45, 7) is 17.8. The van der Waals surface area contributed by atoms with Gasteiger partial charge in [-0.05, 0) is 114 Å². The molecule has 0 aliphatic carbocycles. The molecule has 16 amide bonds. The van der Waals surface area contributed by atoms with E-state index in [1.54, 1.807) is 69.2 Å². The first kappa shape index (κ1) is 98.4. The van der Waals surface area contributed by atoms with E-state index in [0.29, 0.717) is 31.4 Å². The van der Waals surface area contributed by atoms with Gasteiger partial charge < -0.3 is 122 Å². The number of hydrogen-bond acceptors (Lipinski definition) is 22. The van der Waals surface area contributed by atoms with Crippen LogP contribution in [0.5, 0.6) is 0 Å². The maximum Gasteiger partial charge on any atom is 0.326 e. The summed E-state index contributed by atoms with van der Waals surface area (Å²) < 4.78 is 0. The summed E-state index contributed by atoms with van der Waals surface area (Å²) in [5, 5.41) is 55.8. The molecule has 119 heavy (non-hydrogen) atoms. The third-order valence-electron chi connectivity index (χ3n) is 21.5. The van der Waals surface area contributed by atoms with Crippen molar-refractivity contribution in [3.8, 4) is 0 Å². The minimum Gasteiger partial charge on any atom is -0.481 e. The van der Waals surface area contributed by atoms with Crippen molar-refractivity contribution in [1.29, 1.82) is 0 Å². The SMILES string of the molecule is CC[C@H](C)[C@H](NC(=O)[C@H](CC(N)=O)NC(=O)[C@H](CC(C)C)NC(=O)[C@@H]1CCCN1C(=O)[C@@H]1CCCN1C(=O)[C@H](Cc1cnc[nH]1)NC(=O)[C@@H](NC(=O)[C@@H](NC(=O)[C@@H]1CCCN1C(=O)[C@H](CC(N)=O)NC(=O)[C@@H](N)CCC(=O)O)C(C)C)C(C)C)C(=O)N[C@H](C(=O)N[C@H](C(=O)N1CCC[C@H]1C(=O)N[C@@H](CCCN=C(N)N)C(=O)O)[C@@H](C)O)C(C)C. The topological polar surface area (TPSA) is 672 Å². The number of amides is 16. The quantitative estimate of drug-likeness (QED) is 0.0164. The molecule has 24 N–H and O–H groups in total. The van der Waals surface area contributed by atoms with Crippen molar-refractivity contribution in [2.75, 3.05) is 32.7 Å². The zero-order valence-corrected chi connectivity index (χ0v) is 69.6. The highest BCUT2D eigenvalue weighted by molar-refractivity contribution is 6.02. The van der Waals surface area contributed by atoms with Crippen LogP contribution < -0.4 is 81.8 Å². The van der Waals surface area contributed by atoms with E-state index < -0.39 is 246 Å². The maximum atomic E-state index is 15.1. The molecular formula is C76H124N22O21. The second-order valence-electron chi connectivity index (χ2n) is 32.4. The molecule has 1 aromatic rings. The lowest BCUT2D eigenvalue weighted by molar-refractivity contribution is -0.148. The highest BCUT2D eigenvalue weighted by atomic mass is 16.4. The van der Waals surface area contributed by atoms with Crippen molar-refractivity contribution >= 4 is 112 Å². The van der Waals surface area contributed by atoms with Gasteiger partial charge in [-0.25, -0.2) is 9.78 Å². The van der Waals surface area contributed by atoms with Crippen molar-refractivity contribution in [1.82, 2.24) is 82.7 Å². The normalized spacial score (nSPS) is 19.8. The first-order chi connectivity index (χ1) is 55.9. The number of H-pyrrole nitrogens is 1. The fourth-order valence-electron chi connectivity index (χ4n) is 14.7. The van der Waals surface area contributed by atoms with Crippen molar-refractivity contribution in [3.05, 3.63) is 18.2 Å². The Labute approximate surface area is 690 Å². The molecule has 17 atom stereocenters. The number of aromatic nitrogens is 2. The fourth-order valence-corrected chi connectivity index (χ4v) is 14.7. The molecule has 5 rings (SSSR count). The molecule has 4 saturated heterocycles. The van der Waals surface area contributed by atoms with Crippen LogP contribution in [0.25, 0.3) is 0 Å². The molecule has 0 unspecified atom stereocenters. The molecule has 43 nitrogen and oxygen atoms in total. The number of carboxylic acid groups (broad SMARTS) is 2. The second kappa shape index (κ2) is 46.3. The van der Waals surface area contributed by atoms with E-state index in [0.717, 1.165) is 9.80 Å². The van der Waals surface area contributed by atoms with Crippen LogP contribution in [0.2, 0.25) is 0 Å². The Balaban J connectivity index is 1.28. The van der Waals surface area contributed by atoms with E-state index >= 15 is 4.79 Å². The molecule has 4 aliphatic rings. The molecule has 5 heterocycles. The minimum atomic E-state index is -1.77. The average Bonchev–Trinajstić information content (AvgIpc) is 1.70. The van der Waals surface area contributed by atoms with Gasteiger partial charge in [0, 0.05) is 57.5 Å². The molecule has 0 radical (unpaired) electrons. The summed E-state index contributed by atoms with van der Waals surface area (Å²) in [6, 6.07) is -21.0. The minimum absolute atomic E-state index is 0.00152. The van der Waals surface area contributed by atoms with Crippen LogP contribution in [-0.2, 0) is 92.7 Å². The number of aliphatic carboxylic acids is 2. The molecule has 0 bridgehead atoms. The van der Waals surface area contributed by atoms with Gasteiger partial charge in [0.2, 0.25) is 94.5 Å². The number of likely N-dealkylation sites (tertiary alicyclic amines) is 4. The van der Waals surface area contributed by atoms with E-state index in [2.05, 4.69) is 68.1 Å². The molecule has 0 spiro atoms. The number of carbonyl (C=O) groups excluding carboxylic acids is 16. The number of aliphatic hydroxyl groups is 1. The van der Waals surface area contributed by atoms with Crippen molar-refractivity contribution in [3.63, 3.8) is 0 Å². The van der Waals surface area contributed by atoms with Crippen LogP contribution >= 0.6 is 0 Å². The van der Waals surface area contributed by atoms with Gasteiger partial charge in [-0.3, -0.25) is 86.5 Å². The number of guanidine groups is 1. The number of aliphatic imine (C=N–C) groups is 1. The van der Waals surface area contributed by atoms with E-state index in [-0.39, 0.29) is 109 Å². The summed E-state index contributed by atoms with van der Waals surface area (Å²) in [4.78, 5) is 264. The third kappa shape index (κ3) is 28.8. The Kier molecular flexibility index (Phi) is 38.3. The number of aromatic amines is 1. The van der Waals surface area contributed by atoms with Gasteiger partial charge >= 0.3 is 11.9 Å². The van der Waals surface area contributed by atoms with Gasteiger partial charge in [0.1, 0.15) is 84.6 Å². The maximum absolute atomic E-state index is 15.1. The standard InChI is InChI=1S/C76H124N22O21/c1-12-40(10)59(70(113)92-58(39(8)9)69(112)94-60(41(11)99)74(117)97-28-16-20-50(97)64(107)85-44(75(118)119)18-13-25-83-76(80)81)93-63(106)46(32-53(78)100)86-62(105)45(30-36(2)3)87-65(108)49-19-15-27-96(49)73(116)52-22-17-29-98(52)71(114)47(31-42-34-82-35-84-42)89-67(110)56(37(4)5)91-68(111)57(38(6)7)90-66(109)51-21-14-26-95(51)72(115)48(33-54(79)101)88-61(104)43(77)23-24-55(102)103/h34-41,43-52,56-60,99H,12-33,77H2,1-11H3,(H2,78,100)(H2,79,101)(H,82,84)(H,85,107)(H,86,105)(H,87,108)(H,88,104)(H,89,110)(H,90,109)(H,91,111)(H,92,113)(H,93,106)(H,94,112)(H,102,103)(H,118,119)(H4,80,81,83)/t40-,41+,43-,44-,45-,46-,47-,48-,49-,50-,51-,52-,56-,57-,58-,59-,60-/m0/s1. The number of hydrogen-bond donors (Lipinski definition) is 19. The lowest BCUT2D eigenvalue weighted by Gasteiger charge is -2.34. The summed E-state index contributed by atoms with van der Waals surface area (Å²) in [5.74, 6) is -19.8. The Bertz CT molecular complexity index is 3820. The van der Waals surface area contributed by atoms with Crippen LogP contribution in [0, 0.1) is 29.6 Å². The zero-order chi connectivity index (χ0) is 89.1. The number of nitrogens with zero attached hydrogens (tertiary/aromatic N) is 6. The predicted octanol–water partition coefficient (Wildman–Crippen LogP) is -5.71. The van der Waals surface area contributed by atoms with Crippen LogP contribution in [0.4, 0.5) is 0 Å². The summed E-state index contributed by atoms with van der Waals surface area (Å²) in [7, 11) is 0. The predicted molar refractivity (Wildman–Crippen MR) is 426 cm³/mol. The molecular weight excluding hydrogens is 1560 g/mol. The van der Waals surface area contributed by atoms with Gasteiger partial charge in [0.25, 0.3) is 0 Å². The molecule has 43 heteroatoms. The van der Waals surface area contributed by atoms with E-state index in [1.807, 2.05) is 0 Å².